The second kappa shape index (κ2) is 6.03. The summed E-state index contributed by atoms with van der Waals surface area (Å²) in [5, 5.41) is 9.70. The van der Waals surface area contributed by atoms with Crippen LogP contribution in [0.2, 0.25) is 0 Å². The van der Waals surface area contributed by atoms with Crippen molar-refractivity contribution in [2.75, 3.05) is 0 Å². The Kier molecular flexibility index (Phi) is 4.39. The summed E-state index contributed by atoms with van der Waals surface area (Å²) in [5.74, 6) is -0.937. The molecule has 3 rings (SSSR count). The van der Waals surface area contributed by atoms with Gasteiger partial charge in [0.1, 0.15) is 5.38 Å². The summed E-state index contributed by atoms with van der Waals surface area (Å²) in [5.41, 5.74) is 2.85. The molecule has 0 amide bonds. The topological polar surface area (TPSA) is 37.3 Å². The molecule has 1 unspecified atom stereocenters. The summed E-state index contributed by atoms with van der Waals surface area (Å²) in [7, 11) is 0. The van der Waals surface area contributed by atoms with Crippen molar-refractivity contribution in [1.29, 1.82) is 0 Å². The Morgan fingerprint density at radius 1 is 1.22 bits per heavy atom. The average Bonchev–Trinajstić information content (AvgIpc) is 2.84. The van der Waals surface area contributed by atoms with E-state index in [1.54, 1.807) is 11.3 Å². The van der Waals surface area contributed by atoms with Crippen LogP contribution in [-0.2, 0) is 11.2 Å². The van der Waals surface area contributed by atoms with E-state index in [4.69, 9.17) is 16.7 Å². The number of hydrogen-bond acceptors (Lipinski definition) is 2. The number of carbonyl (C=O) groups is 1. The van der Waals surface area contributed by atoms with Gasteiger partial charge in [-0.3, -0.25) is 4.79 Å². The third-order valence-corrected chi connectivity index (χ3v) is 4.05. The molecule has 0 aromatic carbocycles. The first-order valence-electron chi connectivity index (χ1n) is 5.66. The molecule has 1 atom stereocenters. The minimum atomic E-state index is -0.937. The molecule has 18 heavy (non-hydrogen) atoms. The van der Waals surface area contributed by atoms with Crippen molar-refractivity contribution >= 4 is 28.9 Å². The highest BCUT2D eigenvalue weighted by Crippen LogP contribution is 2.29. The van der Waals surface area contributed by atoms with E-state index in [0.717, 1.165) is 6.42 Å². The maximum atomic E-state index is 10.3. The van der Waals surface area contributed by atoms with E-state index >= 15 is 0 Å². The molecular weight excluding hydrogens is 268 g/mol. The van der Waals surface area contributed by atoms with Gasteiger partial charge in [0, 0.05) is 4.88 Å². The van der Waals surface area contributed by atoms with Gasteiger partial charge >= 0.3 is 5.97 Å². The van der Waals surface area contributed by atoms with Gasteiger partial charge < -0.3 is 5.11 Å². The molecule has 0 aliphatic heterocycles. The largest absolute Gasteiger partial charge is 0.480 e. The number of carboxylic acids is 1. The normalized spacial score (nSPS) is 12.3. The van der Waals surface area contributed by atoms with Gasteiger partial charge in [-0.15, -0.1) is 22.9 Å². The number of thiophene rings is 1. The summed E-state index contributed by atoms with van der Waals surface area (Å²) < 4.78 is 0. The number of hydrogen-bond donors (Lipinski definition) is 1. The lowest BCUT2D eigenvalue weighted by molar-refractivity contribution is -0.136. The monoisotopic (exact) mass is 280 g/mol. The predicted molar refractivity (Wildman–Crippen MR) is 75.4 cm³/mol. The fraction of sp³-hybridized carbons (Fsp3) is 0.214. The predicted octanol–water partition coefficient (Wildman–Crippen LogP) is 4.04. The number of halogens is 1. The van der Waals surface area contributed by atoms with Crippen LogP contribution >= 0.6 is 22.9 Å². The molecule has 4 heteroatoms. The fourth-order valence-electron chi connectivity index (χ4n) is 1.51. The number of aryl methyl sites for hydroxylation is 1. The van der Waals surface area contributed by atoms with Gasteiger partial charge in [-0.1, -0.05) is 30.3 Å². The van der Waals surface area contributed by atoms with Crippen molar-refractivity contribution in [2.45, 2.75) is 18.2 Å². The highest BCUT2D eigenvalue weighted by Gasteiger charge is 2.12. The van der Waals surface area contributed by atoms with Crippen molar-refractivity contribution in [3.63, 3.8) is 0 Å². The molecule has 1 aromatic heterocycles. The quantitative estimate of drug-likeness (QED) is 0.732. The van der Waals surface area contributed by atoms with Gasteiger partial charge in [0.15, 0.2) is 0 Å². The van der Waals surface area contributed by atoms with E-state index in [2.05, 4.69) is 24.3 Å². The van der Waals surface area contributed by atoms with E-state index in [0.29, 0.717) is 6.42 Å². The Bertz CT molecular complexity index is 484. The van der Waals surface area contributed by atoms with Crippen LogP contribution < -0.4 is 0 Å². The van der Waals surface area contributed by atoms with Crippen LogP contribution in [0.25, 0.3) is 11.1 Å². The summed E-state index contributed by atoms with van der Waals surface area (Å²) in [6, 6.07) is 12.4. The number of rotatable bonds is 4. The number of benzene rings is 1. The zero-order valence-corrected chi connectivity index (χ0v) is 11.2. The van der Waals surface area contributed by atoms with Gasteiger partial charge in [0.2, 0.25) is 0 Å². The first-order valence-corrected chi connectivity index (χ1v) is 6.98. The van der Waals surface area contributed by atoms with Gasteiger partial charge in [0.05, 0.1) is 0 Å². The number of carboxylic acid groups (broad SMARTS) is 1. The third-order valence-electron chi connectivity index (χ3n) is 2.71. The second-order valence-electron chi connectivity index (χ2n) is 4.00. The third kappa shape index (κ3) is 3.34. The fourth-order valence-corrected chi connectivity index (χ4v) is 2.34. The standard InChI is InChI=1S/C8H9ClO2S.C6H4/c9-7(8(10)11)4-3-6-2-1-5-12-6;1-2-6-4-3-5(1)6/h1-2,5,7H,3-4H2,(H,10,11);1-4H. The first-order chi connectivity index (χ1) is 8.66. The molecular formula is C14H13ClO2S. The molecule has 0 bridgehead atoms. The first kappa shape index (κ1) is 13.1. The summed E-state index contributed by atoms with van der Waals surface area (Å²) in [6.07, 6.45) is 1.25. The minimum Gasteiger partial charge on any atom is -0.480 e. The van der Waals surface area contributed by atoms with E-state index in [-0.39, 0.29) is 0 Å². The number of fused-ring (bicyclic) bond motifs is 1. The Morgan fingerprint density at radius 2 is 1.83 bits per heavy atom. The van der Waals surface area contributed by atoms with Crippen LogP contribution in [-0.4, -0.2) is 16.5 Å². The lowest BCUT2D eigenvalue weighted by atomic mass is 9.95. The zero-order chi connectivity index (χ0) is 13.0. The Hall–Kier alpha value is -1.32. The molecule has 0 radical (unpaired) electrons. The zero-order valence-electron chi connectivity index (χ0n) is 9.67. The molecule has 1 aromatic rings. The summed E-state index contributed by atoms with van der Waals surface area (Å²) in [6.45, 7) is 0. The van der Waals surface area contributed by atoms with Crippen LogP contribution in [0.3, 0.4) is 0 Å². The highest BCUT2D eigenvalue weighted by molar-refractivity contribution is 7.09. The molecule has 1 N–H and O–H groups in total. The molecule has 0 fully saturated rings. The van der Waals surface area contributed by atoms with Crippen LogP contribution in [0.5, 0.6) is 0 Å². The SMILES string of the molecule is O=C(O)C(Cl)CCc1cccs1.c1cc2ccc1-2. The Balaban J connectivity index is 0.000000164. The minimum absolute atomic E-state index is 0.497. The average molecular weight is 281 g/mol. The summed E-state index contributed by atoms with van der Waals surface area (Å²) in [4.78, 5) is 11.5. The molecule has 94 valence electrons. The Morgan fingerprint density at radius 3 is 2.17 bits per heavy atom. The van der Waals surface area contributed by atoms with Gasteiger partial charge in [-0.2, -0.15) is 0 Å². The van der Waals surface area contributed by atoms with Crippen LogP contribution in [0.1, 0.15) is 11.3 Å². The summed E-state index contributed by atoms with van der Waals surface area (Å²) >= 11 is 7.16. The molecule has 2 aliphatic rings. The van der Waals surface area contributed by atoms with Crippen LogP contribution in [0, 0.1) is 0 Å². The van der Waals surface area contributed by atoms with E-state index < -0.39 is 11.3 Å². The molecule has 2 nitrogen and oxygen atoms in total. The lowest BCUT2D eigenvalue weighted by Crippen LogP contribution is -2.13. The molecule has 2 aliphatic carbocycles. The smallest absolute Gasteiger partial charge is 0.321 e. The van der Waals surface area contributed by atoms with Crippen LogP contribution in [0.15, 0.2) is 41.8 Å². The molecule has 0 saturated heterocycles. The van der Waals surface area contributed by atoms with E-state index in [1.165, 1.54) is 16.0 Å². The maximum Gasteiger partial charge on any atom is 0.321 e. The number of aliphatic carboxylic acids is 1. The van der Waals surface area contributed by atoms with Gasteiger partial charge in [-0.05, 0) is 35.4 Å². The van der Waals surface area contributed by atoms with Crippen molar-refractivity contribution in [2.24, 2.45) is 0 Å². The lowest BCUT2D eigenvalue weighted by Gasteiger charge is -2.10. The van der Waals surface area contributed by atoms with Crippen molar-refractivity contribution in [3.8, 4) is 11.1 Å². The van der Waals surface area contributed by atoms with Crippen molar-refractivity contribution in [1.82, 2.24) is 0 Å². The van der Waals surface area contributed by atoms with E-state index in [1.807, 2.05) is 17.5 Å². The highest BCUT2D eigenvalue weighted by atomic mass is 35.5. The Labute approximate surface area is 115 Å². The van der Waals surface area contributed by atoms with Crippen LogP contribution in [0.4, 0.5) is 0 Å². The molecule has 0 saturated carbocycles. The van der Waals surface area contributed by atoms with Gasteiger partial charge in [0.25, 0.3) is 0 Å². The van der Waals surface area contributed by atoms with Crippen molar-refractivity contribution < 1.29 is 9.90 Å². The molecule has 0 spiro atoms. The second-order valence-corrected chi connectivity index (χ2v) is 5.56. The maximum absolute atomic E-state index is 10.3. The van der Waals surface area contributed by atoms with Gasteiger partial charge in [-0.25, -0.2) is 0 Å². The number of alkyl halides is 1. The van der Waals surface area contributed by atoms with E-state index in [9.17, 15) is 4.79 Å². The molecule has 1 heterocycles. The van der Waals surface area contributed by atoms with Crippen molar-refractivity contribution in [3.05, 3.63) is 46.7 Å².